The molecule has 1 aromatic rings. The Bertz CT molecular complexity index is 374. The molecule has 2 N–H and O–H groups in total. The average Bonchev–Trinajstić information content (AvgIpc) is 2.50. The van der Waals surface area contributed by atoms with Crippen molar-refractivity contribution in [2.75, 3.05) is 26.2 Å². The zero-order valence-electron chi connectivity index (χ0n) is 9.83. The minimum absolute atomic E-state index is 0.0745. The van der Waals surface area contributed by atoms with E-state index in [9.17, 15) is 4.79 Å². The van der Waals surface area contributed by atoms with E-state index in [4.69, 9.17) is 0 Å². The minimum atomic E-state index is 0.0745. The first-order chi connectivity index (χ1) is 7.79. The fourth-order valence-corrected chi connectivity index (χ4v) is 2.10. The Labute approximate surface area is 95.4 Å². The van der Waals surface area contributed by atoms with E-state index in [0.717, 1.165) is 38.4 Å². The largest absolute Gasteiger partial charge is 0.315 e. The molecule has 0 aromatic carbocycles. The summed E-state index contributed by atoms with van der Waals surface area (Å²) >= 11 is 0. The van der Waals surface area contributed by atoms with Gasteiger partial charge in [0, 0.05) is 32.2 Å². The Balaban J connectivity index is 1.99. The fourth-order valence-electron chi connectivity index (χ4n) is 2.10. The number of aryl methyl sites for hydroxylation is 1. The van der Waals surface area contributed by atoms with Crippen LogP contribution in [0.2, 0.25) is 0 Å². The van der Waals surface area contributed by atoms with Gasteiger partial charge in [0.25, 0.3) is 5.56 Å². The van der Waals surface area contributed by atoms with Crippen molar-refractivity contribution in [2.24, 2.45) is 0 Å². The van der Waals surface area contributed by atoms with E-state index < -0.39 is 0 Å². The molecule has 2 heterocycles. The van der Waals surface area contributed by atoms with Crippen LogP contribution in [0.15, 0.2) is 10.9 Å². The summed E-state index contributed by atoms with van der Waals surface area (Å²) in [5.74, 6) is 0. The quantitative estimate of drug-likeness (QED) is 0.759. The highest BCUT2D eigenvalue weighted by Crippen LogP contribution is 2.02. The summed E-state index contributed by atoms with van der Waals surface area (Å²) in [5, 5.41) is 6.51. The van der Waals surface area contributed by atoms with Crippen LogP contribution in [0.25, 0.3) is 0 Å². The van der Waals surface area contributed by atoms with Gasteiger partial charge in [0.15, 0.2) is 0 Å². The molecule has 1 aliphatic heterocycles. The third kappa shape index (κ3) is 2.74. The number of hydrogen-bond acceptors (Lipinski definition) is 3. The van der Waals surface area contributed by atoms with Gasteiger partial charge in [0.1, 0.15) is 0 Å². The summed E-state index contributed by atoms with van der Waals surface area (Å²) in [5.41, 5.74) is 1.10. The molecule has 5 nitrogen and oxygen atoms in total. The minimum Gasteiger partial charge on any atom is -0.315 e. The first kappa shape index (κ1) is 11.4. The molecule has 90 valence electrons. The zero-order valence-corrected chi connectivity index (χ0v) is 9.83. The van der Waals surface area contributed by atoms with Crippen molar-refractivity contribution in [3.05, 3.63) is 22.1 Å². The lowest BCUT2D eigenvalue weighted by atomic mass is 10.3. The molecule has 0 saturated carbocycles. The molecule has 0 unspecified atom stereocenters. The molecule has 0 amide bonds. The number of aromatic amines is 1. The van der Waals surface area contributed by atoms with Crippen molar-refractivity contribution in [3.8, 4) is 0 Å². The highest BCUT2D eigenvalue weighted by atomic mass is 16.1. The molecule has 1 aromatic heterocycles. The van der Waals surface area contributed by atoms with Gasteiger partial charge in [-0.3, -0.25) is 19.5 Å². The smallest absolute Gasteiger partial charge is 0.266 e. The third-order valence-corrected chi connectivity index (χ3v) is 2.99. The zero-order chi connectivity index (χ0) is 11.4. The van der Waals surface area contributed by atoms with E-state index in [-0.39, 0.29) is 5.56 Å². The molecule has 0 atom stereocenters. The maximum Gasteiger partial charge on any atom is 0.266 e. The molecule has 0 bridgehead atoms. The summed E-state index contributed by atoms with van der Waals surface area (Å²) in [7, 11) is 0. The second kappa shape index (κ2) is 5.32. The van der Waals surface area contributed by atoms with Crippen LogP contribution in [0.4, 0.5) is 0 Å². The number of rotatable bonds is 3. The highest BCUT2D eigenvalue weighted by Gasteiger charge is 2.10. The van der Waals surface area contributed by atoms with Crippen LogP contribution >= 0.6 is 0 Å². The third-order valence-electron chi connectivity index (χ3n) is 2.99. The first-order valence-electron chi connectivity index (χ1n) is 6.01. The van der Waals surface area contributed by atoms with Gasteiger partial charge in [-0.05, 0) is 26.4 Å². The van der Waals surface area contributed by atoms with Crippen LogP contribution in [0.5, 0.6) is 0 Å². The van der Waals surface area contributed by atoms with Gasteiger partial charge in [0.2, 0.25) is 0 Å². The average molecular weight is 224 g/mol. The Morgan fingerprint density at radius 3 is 3.00 bits per heavy atom. The topological polar surface area (TPSA) is 53.1 Å². The number of nitrogens with zero attached hydrogens (tertiary/aromatic N) is 2. The monoisotopic (exact) mass is 224 g/mol. The second-order valence-electron chi connectivity index (χ2n) is 4.24. The van der Waals surface area contributed by atoms with Crippen molar-refractivity contribution in [1.82, 2.24) is 20.0 Å². The van der Waals surface area contributed by atoms with Crippen LogP contribution in [0.3, 0.4) is 0 Å². The second-order valence-corrected chi connectivity index (χ2v) is 4.24. The molecular formula is C11H20N4O. The van der Waals surface area contributed by atoms with E-state index in [1.165, 1.54) is 6.42 Å². The van der Waals surface area contributed by atoms with Crippen molar-refractivity contribution in [2.45, 2.75) is 26.4 Å². The molecule has 1 aliphatic rings. The van der Waals surface area contributed by atoms with Gasteiger partial charge in [-0.25, -0.2) is 0 Å². The Morgan fingerprint density at radius 1 is 1.38 bits per heavy atom. The lowest BCUT2D eigenvalue weighted by molar-refractivity contribution is 0.280. The first-order valence-corrected chi connectivity index (χ1v) is 6.01. The van der Waals surface area contributed by atoms with Gasteiger partial charge >= 0.3 is 0 Å². The lowest BCUT2D eigenvalue weighted by Gasteiger charge is -2.17. The van der Waals surface area contributed by atoms with Gasteiger partial charge < -0.3 is 5.32 Å². The van der Waals surface area contributed by atoms with Crippen LogP contribution in [0, 0.1) is 0 Å². The van der Waals surface area contributed by atoms with Crippen molar-refractivity contribution in [3.63, 3.8) is 0 Å². The van der Waals surface area contributed by atoms with Crippen molar-refractivity contribution in [1.29, 1.82) is 0 Å². The molecule has 1 fully saturated rings. The lowest BCUT2D eigenvalue weighted by Crippen LogP contribution is -2.27. The summed E-state index contributed by atoms with van der Waals surface area (Å²) in [6.45, 7) is 7.83. The molecule has 0 radical (unpaired) electrons. The summed E-state index contributed by atoms with van der Waals surface area (Å²) in [6.07, 6.45) is 1.18. The molecule has 16 heavy (non-hydrogen) atoms. The summed E-state index contributed by atoms with van der Waals surface area (Å²) in [6, 6.07) is 1.71. The molecule has 0 aliphatic carbocycles. The predicted octanol–water partition coefficient (Wildman–Crippen LogP) is -0.00840. The molecule has 5 heteroatoms. The van der Waals surface area contributed by atoms with Crippen LogP contribution in [-0.2, 0) is 13.1 Å². The van der Waals surface area contributed by atoms with Crippen LogP contribution < -0.4 is 10.9 Å². The molecule has 2 rings (SSSR count). The van der Waals surface area contributed by atoms with Crippen molar-refractivity contribution < 1.29 is 0 Å². The normalized spacial score (nSPS) is 18.6. The van der Waals surface area contributed by atoms with Gasteiger partial charge in [-0.15, -0.1) is 0 Å². The Kier molecular flexibility index (Phi) is 3.79. The Morgan fingerprint density at radius 2 is 2.25 bits per heavy atom. The number of nitrogens with one attached hydrogen (secondary N) is 2. The standard InChI is InChI=1S/C11H20N4O/c1-2-15-11(16)8-10(13-15)9-14-6-3-4-12-5-7-14/h8,12-13H,2-7,9H2,1H3. The van der Waals surface area contributed by atoms with Gasteiger partial charge in [0.05, 0.1) is 5.69 Å². The fraction of sp³-hybridized carbons (Fsp3) is 0.727. The number of aromatic nitrogens is 2. The maximum absolute atomic E-state index is 11.5. The molecular weight excluding hydrogens is 204 g/mol. The van der Waals surface area contributed by atoms with Gasteiger partial charge in [-0.1, -0.05) is 0 Å². The van der Waals surface area contributed by atoms with Crippen LogP contribution in [-0.4, -0.2) is 40.9 Å². The summed E-state index contributed by atoms with van der Waals surface area (Å²) in [4.78, 5) is 13.9. The van der Waals surface area contributed by atoms with E-state index in [1.54, 1.807) is 10.7 Å². The highest BCUT2D eigenvalue weighted by molar-refractivity contribution is 4.99. The van der Waals surface area contributed by atoms with E-state index >= 15 is 0 Å². The SMILES string of the molecule is CCn1[nH]c(CN2CCCNCC2)cc1=O. The number of H-pyrrole nitrogens is 1. The van der Waals surface area contributed by atoms with E-state index in [2.05, 4.69) is 15.3 Å². The molecule has 1 saturated heterocycles. The van der Waals surface area contributed by atoms with E-state index in [0.29, 0.717) is 6.54 Å². The molecule has 0 spiro atoms. The number of hydrogen-bond donors (Lipinski definition) is 2. The predicted molar refractivity (Wildman–Crippen MR) is 63.5 cm³/mol. The van der Waals surface area contributed by atoms with E-state index in [1.807, 2.05) is 6.92 Å². The summed E-state index contributed by atoms with van der Waals surface area (Å²) < 4.78 is 1.64. The Hall–Kier alpha value is -1.07. The van der Waals surface area contributed by atoms with Gasteiger partial charge in [-0.2, -0.15) is 0 Å². The van der Waals surface area contributed by atoms with Crippen LogP contribution in [0.1, 0.15) is 19.0 Å². The maximum atomic E-state index is 11.5. The van der Waals surface area contributed by atoms with Crippen molar-refractivity contribution >= 4 is 0 Å².